The van der Waals surface area contributed by atoms with Gasteiger partial charge in [-0.25, -0.2) is 5.43 Å². The van der Waals surface area contributed by atoms with Gasteiger partial charge in [0.25, 0.3) is 5.91 Å². The van der Waals surface area contributed by atoms with Gasteiger partial charge in [0, 0.05) is 19.0 Å². The van der Waals surface area contributed by atoms with Gasteiger partial charge in [0.05, 0.1) is 0 Å². The third-order valence-corrected chi connectivity index (χ3v) is 2.51. The fraction of sp³-hybridized carbons (Fsp3) is 0.455. The Balaban J connectivity index is 2.55. The van der Waals surface area contributed by atoms with Crippen molar-refractivity contribution in [1.29, 1.82) is 0 Å². The minimum absolute atomic E-state index is 0.0374. The highest BCUT2D eigenvalue weighted by Gasteiger charge is 2.21. The van der Waals surface area contributed by atoms with Crippen molar-refractivity contribution in [3.8, 4) is 0 Å². The maximum Gasteiger partial charge on any atom is 0.260 e. The summed E-state index contributed by atoms with van der Waals surface area (Å²) < 4.78 is 0. The minimum atomic E-state index is -0.151. The summed E-state index contributed by atoms with van der Waals surface area (Å²) in [5, 5.41) is 1.50. The standard InChI is InChI=1S/C11H16N2O2/c1-3-10(14)9-6-5-7-13(12-8-9)11(15)4-2/h3-4,9,12H,1-2,5-8H2. The lowest BCUT2D eigenvalue weighted by atomic mass is 9.99. The average molecular weight is 208 g/mol. The zero-order valence-electron chi connectivity index (χ0n) is 8.74. The normalized spacial score (nSPS) is 21.6. The van der Waals surface area contributed by atoms with Gasteiger partial charge in [-0.05, 0) is 25.0 Å². The zero-order chi connectivity index (χ0) is 11.3. The van der Waals surface area contributed by atoms with Crippen molar-refractivity contribution < 1.29 is 9.59 Å². The van der Waals surface area contributed by atoms with Crippen molar-refractivity contribution >= 4 is 11.7 Å². The first kappa shape index (κ1) is 11.7. The predicted molar refractivity (Wildman–Crippen MR) is 57.8 cm³/mol. The van der Waals surface area contributed by atoms with E-state index in [1.54, 1.807) is 0 Å². The molecule has 0 spiro atoms. The van der Waals surface area contributed by atoms with Gasteiger partial charge < -0.3 is 0 Å². The van der Waals surface area contributed by atoms with Crippen LogP contribution < -0.4 is 5.43 Å². The van der Waals surface area contributed by atoms with E-state index < -0.39 is 0 Å². The molecule has 1 rings (SSSR count). The molecule has 0 bridgehead atoms. The smallest absolute Gasteiger partial charge is 0.260 e. The molecule has 82 valence electrons. The molecule has 1 aliphatic heterocycles. The second-order valence-electron chi connectivity index (χ2n) is 3.50. The summed E-state index contributed by atoms with van der Waals surface area (Å²) in [5.41, 5.74) is 2.94. The van der Waals surface area contributed by atoms with Crippen molar-refractivity contribution in [3.05, 3.63) is 25.3 Å². The summed E-state index contributed by atoms with van der Waals surface area (Å²) in [6.45, 7) is 7.99. The Hall–Kier alpha value is -1.42. The van der Waals surface area contributed by atoms with Crippen LogP contribution in [-0.4, -0.2) is 29.8 Å². The lowest BCUT2D eigenvalue weighted by Gasteiger charge is -2.19. The SMILES string of the molecule is C=CC(=O)C1CCCN(C(=O)C=C)NC1. The Bertz CT molecular complexity index is 258. The van der Waals surface area contributed by atoms with Gasteiger partial charge in [0.15, 0.2) is 5.78 Å². The molecule has 0 aromatic carbocycles. The fourth-order valence-corrected chi connectivity index (χ4v) is 1.61. The van der Waals surface area contributed by atoms with Gasteiger partial charge >= 0.3 is 0 Å². The Morgan fingerprint density at radius 1 is 1.33 bits per heavy atom. The topological polar surface area (TPSA) is 49.4 Å². The van der Waals surface area contributed by atoms with Crippen LogP contribution in [0, 0.1) is 5.92 Å². The molecule has 1 atom stereocenters. The Morgan fingerprint density at radius 2 is 2.07 bits per heavy atom. The third kappa shape index (κ3) is 3.02. The number of hydrogen-bond acceptors (Lipinski definition) is 3. The second kappa shape index (κ2) is 5.46. The number of carbonyl (C=O) groups excluding carboxylic acids is 2. The summed E-state index contributed by atoms with van der Waals surface area (Å²) in [6, 6.07) is 0. The summed E-state index contributed by atoms with van der Waals surface area (Å²) in [4.78, 5) is 22.7. The Labute approximate surface area is 89.6 Å². The van der Waals surface area contributed by atoms with E-state index in [0.29, 0.717) is 13.1 Å². The lowest BCUT2D eigenvalue weighted by Crippen LogP contribution is -2.43. The zero-order valence-corrected chi connectivity index (χ0v) is 8.74. The molecule has 1 fully saturated rings. The molecule has 1 N–H and O–H groups in total. The van der Waals surface area contributed by atoms with Crippen molar-refractivity contribution in [2.45, 2.75) is 12.8 Å². The summed E-state index contributed by atoms with van der Waals surface area (Å²) in [6.07, 6.45) is 4.22. The molecule has 0 aromatic heterocycles. The molecule has 4 heteroatoms. The van der Waals surface area contributed by atoms with Crippen LogP contribution in [-0.2, 0) is 9.59 Å². The molecule has 0 radical (unpaired) electrons. The van der Waals surface area contributed by atoms with Crippen LogP contribution >= 0.6 is 0 Å². The third-order valence-electron chi connectivity index (χ3n) is 2.51. The van der Waals surface area contributed by atoms with E-state index >= 15 is 0 Å². The molecule has 1 amide bonds. The van der Waals surface area contributed by atoms with Crippen LogP contribution in [0.15, 0.2) is 25.3 Å². The van der Waals surface area contributed by atoms with Crippen molar-refractivity contribution in [1.82, 2.24) is 10.4 Å². The van der Waals surface area contributed by atoms with Crippen molar-refractivity contribution in [2.75, 3.05) is 13.1 Å². The second-order valence-corrected chi connectivity index (χ2v) is 3.50. The number of hydrogen-bond donors (Lipinski definition) is 1. The molecule has 0 saturated carbocycles. The van der Waals surface area contributed by atoms with Gasteiger partial charge in [-0.2, -0.15) is 0 Å². The quantitative estimate of drug-likeness (QED) is 0.693. The highest BCUT2D eigenvalue weighted by atomic mass is 16.2. The van der Waals surface area contributed by atoms with Crippen LogP contribution in [0.3, 0.4) is 0 Å². The number of allylic oxidation sites excluding steroid dienone is 1. The number of amides is 1. The summed E-state index contributed by atoms with van der Waals surface area (Å²) in [5.74, 6) is -0.179. The van der Waals surface area contributed by atoms with E-state index in [9.17, 15) is 9.59 Å². The Kier molecular flexibility index (Phi) is 4.24. The van der Waals surface area contributed by atoms with E-state index in [4.69, 9.17) is 0 Å². The van der Waals surface area contributed by atoms with E-state index in [1.165, 1.54) is 17.2 Å². The van der Waals surface area contributed by atoms with Gasteiger partial charge in [-0.1, -0.05) is 13.2 Å². The minimum Gasteiger partial charge on any atom is -0.295 e. The highest BCUT2D eigenvalue weighted by molar-refractivity contribution is 5.91. The van der Waals surface area contributed by atoms with E-state index in [1.807, 2.05) is 0 Å². The number of rotatable bonds is 3. The molecule has 1 saturated heterocycles. The number of nitrogens with zero attached hydrogens (tertiary/aromatic N) is 1. The molecule has 1 heterocycles. The lowest BCUT2D eigenvalue weighted by molar-refractivity contribution is -0.129. The number of ketones is 1. The van der Waals surface area contributed by atoms with E-state index in [0.717, 1.165) is 12.8 Å². The highest BCUT2D eigenvalue weighted by Crippen LogP contribution is 2.12. The largest absolute Gasteiger partial charge is 0.295 e. The predicted octanol–water partition coefficient (Wildman–Crippen LogP) is 0.671. The van der Waals surface area contributed by atoms with Crippen LogP contribution in [0.2, 0.25) is 0 Å². The van der Waals surface area contributed by atoms with Gasteiger partial charge in [-0.3, -0.25) is 14.6 Å². The molecule has 0 aromatic rings. The van der Waals surface area contributed by atoms with Crippen molar-refractivity contribution in [2.24, 2.45) is 5.92 Å². The first-order valence-electron chi connectivity index (χ1n) is 5.02. The molecule has 1 aliphatic rings. The Morgan fingerprint density at radius 3 is 2.67 bits per heavy atom. The van der Waals surface area contributed by atoms with Crippen LogP contribution in [0.5, 0.6) is 0 Å². The molecule has 4 nitrogen and oxygen atoms in total. The average Bonchev–Trinajstić information content (AvgIpc) is 2.52. The monoisotopic (exact) mass is 208 g/mol. The summed E-state index contributed by atoms with van der Waals surface area (Å²) in [7, 11) is 0. The van der Waals surface area contributed by atoms with Crippen LogP contribution in [0.25, 0.3) is 0 Å². The van der Waals surface area contributed by atoms with E-state index in [-0.39, 0.29) is 17.6 Å². The first-order chi connectivity index (χ1) is 7.19. The maximum atomic E-state index is 11.4. The number of nitrogens with one attached hydrogen (secondary N) is 1. The molecule has 0 aliphatic carbocycles. The first-order valence-corrected chi connectivity index (χ1v) is 5.02. The van der Waals surface area contributed by atoms with Gasteiger partial charge in [-0.15, -0.1) is 0 Å². The van der Waals surface area contributed by atoms with Gasteiger partial charge in [0.1, 0.15) is 0 Å². The van der Waals surface area contributed by atoms with Crippen molar-refractivity contribution in [3.63, 3.8) is 0 Å². The number of carbonyl (C=O) groups is 2. The number of hydrazine groups is 1. The molecule has 15 heavy (non-hydrogen) atoms. The van der Waals surface area contributed by atoms with Crippen LogP contribution in [0.4, 0.5) is 0 Å². The molecular weight excluding hydrogens is 192 g/mol. The molecule has 1 unspecified atom stereocenters. The van der Waals surface area contributed by atoms with E-state index in [2.05, 4.69) is 18.6 Å². The van der Waals surface area contributed by atoms with Crippen LogP contribution in [0.1, 0.15) is 12.8 Å². The van der Waals surface area contributed by atoms with Gasteiger partial charge in [0.2, 0.25) is 0 Å². The molecular formula is C11H16N2O2. The summed E-state index contributed by atoms with van der Waals surface area (Å²) >= 11 is 0. The fourth-order valence-electron chi connectivity index (χ4n) is 1.61. The maximum absolute atomic E-state index is 11.4.